The Morgan fingerprint density at radius 2 is 1.86 bits per heavy atom. The van der Waals surface area contributed by atoms with Crippen molar-refractivity contribution in [1.29, 1.82) is 0 Å². The topological polar surface area (TPSA) is 29.3 Å². The van der Waals surface area contributed by atoms with Gasteiger partial charge in [-0.2, -0.15) is 0 Å². The number of fused-ring (bicyclic) bond motifs is 1. The molecule has 21 heavy (non-hydrogen) atoms. The third kappa shape index (κ3) is 2.72. The van der Waals surface area contributed by atoms with E-state index in [1.165, 1.54) is 16.8 Å². The van der Waals surface area contributed by atoms with Gasteiger partial charge >= 0.3 is 0 Å². The number of nitrogens with two attached hydrogens (primary N) is 1. The standard InChI is InChI=1S/C18H21BrN2/c1-2-16(20)18(14-8-4-5-9-15(14)19)21-12-11-13-7-3-6-10-17(13)21/h3-10,16,18H,2,11-12,20H2,1H3. The van der Waals surface area contributed by atoms with Gasteiger partial charge in [0, 0.05) is 22.7 Å². The molecular formula is C18H21BrN2. The van der Waals surface area contributed by atoms with Crippen molar-refractivity contribution in [2.45, 2.75) is 31.8 Å². The SMILES string of the molecule is CCC(N)C(c1ccccc1Br)N1CCc2ccccc21. The number of nitrogens with zero attached hydrogens (tertiary/aromatic N) is 1. The molecule has 0 fully saturated rings. The van der Waals surface area contributed by atoms with E-state index in [4.69, 9.17) is 5.73 Å². The minimum atomic E-state index is 0.120. The normalized spacial score (nSPS) is 16.6. The van der Waals surface area contributed by atoms with E-state index in [-0.39, 0.29) is 12.1 Å². The molecule has 1 aliphatic rings. The van der Waals surface area contributed by atoms with Crippen molar-refractivity contribution in [2.24, 2.45) is 5.73 Å². The predicted molar refractivity (Wildman–Crippen MR) is 92.6 cm³/mol. The van der Waals surface area contributed by atoms with Crippen LogP contribution in [0.3, 0.4) is 0 Å². The number of anilines is 1. The van der Waals surface area contributed by atoms with Gasteiger partial charge in [0.2, 0.25) is 0 Å². The fourth-order valence-corrected chi connectivity index (χ4v) is 3.74. The zero-order chi connectivity index (χ0) is 14.8. The molecule has 110 valence electrons. The Bertz CT molecular complexity index is 626. The van der Waals surface area contributed by atoms with Crippen LogP contribution < -0.4 is 10.6 Å². The number of halogens is 1. The molecule has 0 saturated heterocycles. The zero-order valence-corrected chi connectivity index (χ0v) is 13.9. The van der Waals surface area contributed by atoms with E-state index in [0.29, 0.717) is 0 Å². The van der Waals surface area contributed by atoms with Crippen LogP contribution in [-0.4, -0.2) is 12.6 Å². The minimum absolute atomic E-state index is 0.120. The molecule has 0 aromatic heterocycles. The van der Waals surface area contributed by atoms with E-state index in [0.717, 1.165) is 23.9 Å². The quantitative estimate of drug-likeness (QED) is 0.896. The fourth-order valence-electron chi connectivity index (χ4n) is 3.22. The van der Waals surface area contributed by atoms with Crippen molar-refractivity contribution < 1.29 is 0 Å². The Hall–Kier alpha value is -1.32. The van der Waals surface area contributed by atoms with Crippen LogP contribution in [0, 0.1) is 0 Å². The van der Waals surface area contributed by atoms with Gasteiger partial charge < -0.3 is 10.6 Å². The first-order chi connectivity index (χ1) is 10.2. The van der Waals surface area contributed by atoms with Gasteiger partial charge in [0.25, 0.3) is 0 Å². The van der Waals surface area contributed by atoms with Crippen LogP contribution in [0.1, 0.15) is 30.5 Å². The summed E-state index contributed by atoms with van der Waals surface area (Å²) in [6.07, 6.45) is 2.07. The van der Waals surface area contributed by atoms with Crippen LogP contribution in [-0.2, 0) is 6.42 Å². The summed E-state index contributed by atoms with van der Waals surface area (Å²) in [6.45, 7) is 3.20. The fraction of sp³-hybridized carbons (Fsp3) is 0.333. The molecule has 2 aromatic carbocycles. The van der Waals surface area contributed by atoms with Crippen LogP contribution in [0.2, 0.25) is 0 Å². The molecule has 2 unspecified atom stereocenters. The first-order valence-corrected chi connectivity index (χ1v) is 8.36. The van der Waals surface area contributed by atoms with Gasteiger partial charge in [0.15, 0.2) is 0 Å². The summed E-state index contributed by atoms with van der Waals surface area (Å²) in [5, 5.41) is 0. The molecule has 2 aromatic rings. The lowest BCUT2D eigenvalue weighted by Gasteiger charge is -2.35. The highest BCUT2D eigenvalue weighted by Crippen LogP contribution is 2.38. The van der Waals surface area contributed by atoms with Gasteiger partial charge in [-0.25, -0.2) is 0 Å². The van der Waals surface area contributed by atoms with Crippen LogP contribution >= 0.6 is 15.9 Å². The minimum Gasteiger partial charge on any atom is -0.362 e. The summed E-state index contributed by atoms with van der Waals surface area (Å²) in [5.74, 6) is 0. The molecule has 0 saturated carbocycles. The monoisotopic (exact) mass is 344 g/mol. The van der Waals surface area contributed by atoms with Crippen LogP contribution in [0.25, 0.3) is 0 Å². The van der Waals surface area contributed by atoms with Gasteiger partial charge in [-0.3, -0.25) is 0 Å². The predicted octanol–water partition coefficient (Wildman–Crippen LogP) is 4.29. The summed E-state index contributed by atoms with van der Waals surface area (Å²) in [5.41, 5.74) is 10.5. The molecule has 1 heterocycles. The smallest absolute Gasteiger partial charge is 0.0704 e. The average Bonchev–Trinajstić information content (AvgIpc) is 2.93. The highest BCUT2D eigenvalue weighted by atomic mass is 79.9. The lowest BCUT2D eigenvalue weighted by atomic mass is 9.96. The zero-order valence-electron chi connectivity index (χ0n) is 12.3. The molecule has 2 N–H and O–H groups in total. The van der Waals surface area contributed by atoms with Gasteiger partial charge in [0.05, 0.1) is 6.04 Å². The van der Waals surface area contributed by atoms with Crippen molar-refractivity contribution in [1.82, 2.24) is 0 Å². The lowest BCUT2D eigenvalue weighted by molar-refractivity contribution is 0.496. The molecule has 0 radical (unpaired) electrons. The summed E-state index contributed by atoms with van der Waals surface area (Å²) in [6, 6.07) is 17.5. The number of para-hydroxylation sites is 1. The van der Waals surface area contributed by atoms with E-state index in [9.17, 15) is 0 Å². The molecule has 2 atom stereocenters. The highest BCUT2D eigenvalue weighted by molar-refractivity contribution is 9.10. The summed E-state index contributed by atoms with van der Waals surface area (Å²) in [7, 11) is 0. The van der Waals surface area contributed by atoms with Crippen molar-refractivity contribution in [3.05, 3.63) is 64.1 Å². The van der Waals surface area contributed by atoms with Crippen molar-refractivity contribution in [3.63, 3.8) is 0 Å². The number of hydrogen-bond acceptors (Lipinski definition) is 2. The molecule has 0 bridgehead atoms. The lowest BCUT2D eigenvalue weighted by Crippen LogP contribution is -2.40. The number of benzene rings is 2. The largest absolute Gasteiger partial charge is 0.362 e. The molecule has 0 aliphatic carbocycles. The first kappa shape index (κ1) is 14.6. The maximum absolute atomic E-state index is 6.49. The van der Waals surface area contributed by atoms with E-state index < -0.39 is 0 Å². The van der Waals surface area contributed by atoms with Crippen LogP contribution in [0.4, 0.5) is 5.69 Å². The second-order valence-electron chi connectivity index (χ2n) is 5.61. The Labute approximate surface area is 135 Å². The van der Waals surface area contributed by atoms with Crippen molar-refractivity contribution in [3.8, 4) is 0 Å². The molecule has 0 spiro atoms. The molecule has 3 heteroatoms. The van der Waals surface area contributed by atoms with Crippen LogP contribution in [0.15, 0.2) is 53.0 Å². The maximum Gasteiger partial charge on any atom is 0.0704 e. The maximum atomic E-state index is 6.49. The van der Waals surface area contributed by atoms with Crippen molar-refractivity contribution in [2.75, 3.05) is 11.4 Å². The second-order valence-corrected chi connectivity index (χ2v) is 6.46. The van der Waals surface area contributed by atoms with Gasteiger partial charge in [-0.15, -0.1) is 0 Å². The van der Waals surface area contributed by atoms with Gasteiger partial charge in [-0.05, 0) is 36.1 Å². The molecule has 1 aliphatic heterocycles. The summed E-state index contributed by atoms with van der Waals surface area (Å²) >= 11 is 3.70. The molecule has 0 amide bonds. The Kier molecular flexibility index (Phi) is 4.32. The van der Waals surface area contributed by atoms with Gasteiger partial charge in [-0.1, -0.05) is 59.3 Å². The third-order valence-corrected chi connectivity index (χ3v) is 5.08. The van der Waals surface area contributed by atoms with E-state index in [1.54, 1.807) is 0 Å². The van der Waals surface area contributed by atoms with Crippen LogP contribution in [0.5, 0.6) is 0 Å². The summed E-state index contributed by atoms with van der Waals surface area (Å²) < 4.78 is 1.14. The average molecular weight is 345 g/mol. The summed E-state index contributed by atoms with van der Waals surface area (Å²) in [4.78, 5) is 2.48. The Balaban J connectivity index is 2.04. The number of rotatable bonds is 4. The first-order valence-electron chi connectivity index (χ1n) is 7.57. The number of hydrogen-bond donors (Lipinski definition) is 1. The Morgan fingerprint density at radius 3 is 2.62 bits per heavy atom. The Morgan fingerprint density at radius 1 is 1.14 bits per heavy atom. The van der Waals surface area contributed by atoms with Gasteiger partial charge in [0.1, 0.15) is 0 Å². The second kappa shape index (κ2) is 6.20. The van der Waals surface area contributed by atoms with E-state index in [1.807, 2.05) is 0 Å². The molecular weight excluding hydrogens is 324 g/mol. The molecule has 2 nitrogen and oxygen atoms in total. The molecule has 3 rings (SSSR count). The highest BCUT2D eigenvalue weighted by Gasteiger charge is 2.31. The third-order valence-electron chi connectivity index (χ3n) is 4.36. The van der Waals surface area contributed by atoms with Crippen molar-refractivity contribution >= 4 is 21.6 Å². The van der Waals surface area contributed by atoms with E-state index in [2.05, 4.69) is 76.3 Å². The van der Waals surface area contributed by atoms with E-state index >= 15 is 0 Å².